The van der Waals surface area contributed by atoms with E-state index in [2.05, 4.69) is 16.4 Å². The Balaban J connectivity index is 0.000000845. The van der Waals surface area contributed by atoms with Crippen LogP contribution < -0.4 is 20.4 Å². The summed E-state index contributed by atoms with van der Waals surface area (Å²) < 4.78 is 51.7. The third-order valence-electron chi connectivity index (χ3n) is 8.29. The van der Waals surface area contributed by atoms with E-state index < -0.39 is 23.9 Å². The molecule has 0 spiro atoms. The number of phenols is 2. The van der Waals surface area contributed by atoms with Gasteiger partial charge >= 0.3 is 12.1 Å². The molecule has 280 valence electrons. The van der Waals surface area contributed by atoms with Crippen LogP contribution in [-0.4, -0.2) is 69.8 Å². The van der Waals surface area contributed by atoms with Gasteiger partial charge in [-0.2, -0.15) is 23.7 Å². The summed E-state index contributed by atoms with van der Waals surface area (Å²) in [6.07, 6.45) is 0.767. The fourth-order valence-electron chi connectivity index (χ4n) is 5.56. The maximum atomic E-state index is 14.9. The summed E-state index contributed by atoms with van der Waals surface area (Å²) in [4.78, 5) is 26.7. The first-order valence-corrected chi connectivity index (χ1v) is 15.9. The molecule has 5 rings (SSSR count). The zero-order valence-corrected chi connectivity index (χ0v) is 28.4. The SMILES string of the molecule is COc1cc(O)c(-c2cnc(N3CCC(NCc4ccc(/C=C/C(=O)NO)cc4)CC3)c(C#N)c2-c2ccc(C#N)c(F)c2)cc1O.O=C(O)C(F)(F)F. The van der Waals surface area contributed by atoms with E-state index in [4.69, 9.17) is 19.8 Å². The lowest BCUT2D eigenvalue weighted by molar-refractivity contribution is -0.192. The molecule has 54 heavy (non-hydrogen) atoms. The Labute approximate surface area is 305 Å². The van der Waals surface area contributed by atoms with Crippen molar-refractivity contribution in [3.05, 3.63) is 94.9 Å². The zero-order chi connectivity index (χ0) is 39.6. The molecule has 0 bridgehead atoms. The lowest BCUT2D eigenvalue weighted by Crippen LogP contribution is -2.42. The van der Waals surface area contributed by atoms with Gasteiger partial charge in [0.15, 0.2) is 11.5 Å². The standard InChI is InChI=1S/C35H31FN6O5.C2HF3O2/c1-47-32-16-30(43)26(15-31(32)44)28-20-40-35(27(18-38)34(28)23-7-8-24(17-37)29(36)14-23)42-12-10-25(11-13-42)39-19-22-4-2-21(3-5-22)6-9-33(45)41-46;3-2(4,5)1(6)7/h2-9,14-16,20,25,39,43-44,46H,10-13,19H2,1H3,(H,41,45);(H,6,7)/b9-6+;. The number of carbonyl (C=O) groups is 2. The number of hydroxylamine groups is 1. The molecule has 1 aromatic heterocycles. The van der Waals surface area contributed by atoms with Crippen LogP contribution in [0.2, 0.25) is 0 Å². The molecule has 1 aliphatic rings. The van der Waals surface area contributed by atoms with Gasteiger partial charge in [0.2, 0.25) is 0 Å². The van der Waals surface area contributed by atoms with E-state index in [0.717, 1.165) is 24.0 Å². The number of benzene rings is 3. The first kappa shape index (κ1) is 40.1. The number of phenolic OH excluding ortho intramolecular Hbond substituents is 2. The smallest absolute Gasteiger partial charge is 0.490 e. The number of nitrogens with one attached hydrogen (secondary N) is 2. The second-order valence-electron chi connectivity index (χ2n) is 11.7. The van der Waals surface area contributed by atoms with E-state index in [-0.39, 0.29) is 40.0 Å². The quantitative estimate of drug-likeness (QED) is 0.0404. The summed E-state index contributed by atoms with van der Waals surface area (Å²) in [7, 11) is 1.35. The molecule has 1 aliphatic heterocycles. The highest BCUT2D eigenvalue weighted by atomic mass is 19.4. The van der Waals surface area contributed by atoms with E-state index in [9.17, 15) is 43.1 Å². The minimum Gasteiger partial charge on any atom is -0.507 e. The van der Waals surface area contributed by atoms with Crippen molar-refractivity contribution >= 4 is 23.8 Å². The summed E-state index contributed by atoms with van der Waals surface area (Å²) in [6.45, 7) is 1.81. The van der Waals surface area contributed by atoms with Crippen molar-refractivity contribution < 1.29 is 52.4 Å². The topological polar surface area (TPSA) is 212 Å². The fourth-order valence-corrected chi connectivity index (χ4v) is 5.56. The van der Waals surface area contributed by atoms with E-state index in [0.29, 0.717) is 42.1 Å². The molecule has 4 aromatic rings. The van der Waals surface area contributed by atoms with Gasteiger partial charge in [0, 0.05) is 60.7 Å². The number of methoxy groups -OCH3 is 1. The van der Waals surface area contributed by atoms with E-state index in [1.54, 1.807) is 17.6 Å². The number of carboxylic acids is 1. The van der Waals surface area contributed by atoms with Crippen LogP contribution in [0.15, 0.2) is 66.9 Å². The van der Waals surface area contributed by atoms with Crippen molar-refractivity contribution in [2.24, 2.45) is 0 Å². The van der Waals surface area contributed by atoms with Gasteiger partial charge in [-0.15, -0.1) is 0 Å². The number of aromatic hydroxyl groups is 2. The number of amides is 1. The number of anilines is 1. The van der Waals surface area contributed by atoms with Crippen LogP contribution in [0.1, 0.15) is 35.1 Å². The Morgan fingerprint density at radius 1 is 1.02 bits per heavy atom. The Morgan fingerprint density at radius 2 is 1.69 bits per heavy atom. The van der Waals surface area contributed by atoms with E-state index in [1.807, 2.05) is 29.2 Å². The summed E-state index contributed by atoms with van der Waals surface area (Å²) in [6, 6.07) is 18.5. The minimum absolute atomic E-state index is 0.0534. The van der Waals surface area contributed by atoms with Crippen LogP contribution in [0.4, 0.5) is 23.4 Å². The third kappa shape index (κ3) is 9.79. The molecule has 17 heteroatoms. The average molecular weight is 749 g/mol. The zero-order valence-electron chi connectivity index (χ0n) is 28.4. The van der Waals surface area contributed by atoms with Gasteiger partial charge in [0.25, 0.3) is 5.91 Å². The van der Waals surface area contributed by atoms with Crippen molar-refractivity contribution in [3.63, 3.8) is 0 Å². The number of ether oxygens (including phenoxy) is 1. The summed E-state index contributed by atoms with van der Waals surface area (Å²) in [5.74, 6) is -4.14. The number of hydrogen-bond donors (Lipinski definition) is 6. The maximum Gasteiger partial charge on any atom is 0.490 e. The molecule has 2 heterocycles. The van der Waals surface area contributed by atoms with Crippen LogP contribution in [-0.2, 0) is 16.1 Å². The number of aliphatic carboxylic acids is 1. The molecule has 3 aromatic carbocycles. The second-order valence-corrected chi connectivity index (χ2v) is 11.7. The number of nitriles is 2. The van der Waals surface area contributed by atoms with Gasteiger partial charge < -0.3 is 30.3 Å². The Kier molecular flexibility index (Phi) is 13.1. The number of hydrogen-bond acceptors (Lipinski definition) is 11. The van der Waals surface area contributed by atoms with Crippen molar-refractivity contribution in [1.29, 1.82) is 10.5 Å². The first-order valence-electron chi connectivity index (χ1n) is 15.9. The highest BCUT2D eigenvalue weighted by Gasteiger charge is 2.38. The molecular weight excluding hydrogens is 716 g/mol. The van der Waals surface area contributed by atoms with E-state index >= 15 is 0 Å². The van der Waals surface area contributed by atoms with Gasteiger partial charge in [-0.25, -0.2) is 19.6 Å². The lowest BCUT2D eigenvalue weighted by Gasteiger charge is -2.34. The Hall–Kier alpha value is -6.69. The number of pyridine rings is 1. The molecule has 1 amide bonds. The van der Waals surface area contributed by atoms with Crippen molar-refractivity contribution in [2.75, 3.05) is 25.1 Å². The van der Waals surface area contributed by atoms with Gasteiger partial charge in [-0.05, 0) is 53.8 Å². The molecule has 1 fully saturated rings. The second kappa shape index (κ2) is 17.7. The van der Waals surface area contributed by atoms with Crippen molar-refractivity contribution in [3.8, 4) is 51.6 Å². The number of carbonyl (C=O) groups excluding carboxylic acids is 1. The number of aromatic nitrogens is 1. The summed E-state index contributed by atoms with van der Waals surface area (Å²) >= 11 is 0. The molecule has 0 saturated carbocycles. The largest absolute Gasteiger partial charge is 0.507 e. The number of nitrogens with zero attached hydrogens (tertiary/aromatic N) is 4. The fraction of sp³-hybridized carbons (Fsp3) is 0.216. The van der Waals surface area contributed by atoms with Gasteiger partial charge in [0.05, 0.1) is 12.7 Å². The molecule has 0 atom stereocenters. The first-order chi connectivity index (χ1) is 25.7. The number of alkyl halides is 3. The molecular formula is C37H32F4N6O7. The van der Waals surface area contributed by atoms with Crippen molar-refractivity contribution in [1.82, 2.24) is 15.8 Å². The molecule has 1 saturated heterocycles. The maximum absolute atomic E-state index is 14.9. The molecule has 0 unspecified atom stereocenters. The van der Waals surface area contributed by atoms with Crippen LogP contribution in [0.3, 0.4) is 0 Å². The van der Waals surface area contributed by atoms with Crippen LogP contribution in [0, 0.1) is 28.5 Å². The molecule has 0 radical (unpaired) electrons. The monoisotopic (exact) mass is 748 g/mol. The Morgan fingerprint density at radius 3 is 2.24 bits per heavy atom. The van der Waals surface area contributed by atoms with Gasteiger partial charge in [-0.1, -0.05) is 30.3 Å². The van der Waals surface area contributed by atoms with E-state index in [1.165, 1.54) is 49.7 Å². The van der Waals surface area contributed by atoms with Crippen LogP contribution in [0.5, 0.6) is 17.2 Å². The lowest BCUT2D eigenvalue weighted by atomic mass is 9.90. The van der Waals surface area contributed by atoms with Crippen LogP contribution in [0.25, 0.3) is 28.3 Å². The number of piperidine rings is 1. The average Bonchev–Trinajstić information content (AvgIpc) is 3.16. The normalized spacial score (nSPS) is 13.0. The number of halogens is 4. The highest BCUT2D eigenvalue weighted by molar-refractivity contribution is 5.92. The molecule has 6 N–H and O–H groups in total. The highest BCUT2D eigenvalue weighted by Crippen LogP contribution is 2.45. The predicted molar refractivity (Wildman–Crippen MR) is 186 cm³/mol. The molecule has 13 nitrogen and oxygen atoms in total. The van der Waals surface area contributed by atoms with Crippen LogP contribution >= 0.6 is 0 Å². The summed E-state index contributed by atoms with van der Waals surface area (Å²) in [5.41, 5.74) is 4.52. The Bertz CT molecular complexity index is 2120. The number of carboxylic acid groups (broad SMARTS) is 1. The predicted octanol–water partition coefficient (Wildman–Crippen LogP) is 5.63. The van der Waals surface area contributed by atoms with Gasteiger partial charge in [0.1, 0.15) is 35.1 Å². The summed E-state index contributed by atoms with van der Waals surface area (Å²) in [5, 5.41) is 60.4. The van der Waals surface area contributed by atoms with Crippen molar-refractivity contribution in [2.45, 2.75) is 31.6 Å². The number of rotatable bonds is 9. The molecule has 0 aliphatic carbocycles. The van der Waals surface area contributed by atoms with Gasteiger partial charge in [-0.3, -0.25) is 10.0 Å². The third-order valence-corrected chi connectivity index (χ3v) is 8.29. The minimum atomic E-state index is -5.08.